The highest BCUT2D eigenvalue weighted by atomic mass is 35.5. The van der Waals surface area contributed by atoms with E-state index in [1.54, 1.807) is 17.4 Å². The van der Waals surface area contributed by atoms with Crippen LogP contribution in [0.3, 0.4) is 0 Å². The van der Waals surface area contributed by atoms with E-state index in [9.17, 15) is 14.4 Å². The van der Waals surface area contributed by atoms with Crippen LogP contribution < -0.4 is 10.6 Å². The molecule has 1 atom stereocenters. The summed E-state index contributed by atoms with van der Waals surface area (Å²) < 4.78 is 0. The highest BCUT2D eigenvalue weighted by molar-refractivity contribution is 7.10. The van der Waals surface area contributed by atoms with Gasteiger partial charge in [-0.1, -0.05) is 29.8 Å². The minimum atomic E-state index is -1.02. The second kappa shape index (κ2) is 6.98. The number of thiophene rings is 1. The first-order valence-electron chi connectivity index (χ1n) is 8.72. The molecule has 0 unspecified atom stereocenters. The van der Waals surface area contributed by atoms with Gasteiger partial charge < -0.3 is 10.6 Å². The lowest BCUT2D eigenvalue weighted by Gasteiger charge is -2.31. The molecule has 140 valence electrons. The van der Waals surface area contributed by atoms with Gasteiger partial charge in [0.15, 0.2) is 0 Å². The molecule has 2 heterocycles. The number of carbonyl (C=O) groups is 3. The monoisotopic (exact) mass is 403 g/mol. The zero-order valence-corrected chi connectivity index (χ0v) is 16.0. The van der Waals surface area contributed by atoms with Crippen molar-refractivity contribution in [2.45, 2.75) is 31.3 Å². The molecule has 1 fully saturated rings. The summed E-state index contributed by atoms with van der Waals surface area (Å²) in [5.41, 5.74) is 0.626. The molecule has 2 N–H and O–H groups in total. The normalized spacial score (nSPS) is 21.3. The predicted octanol–water partition coefficient (Wildman–Crippen LogP) is 2.80. The molecule has 1 aliphatic heterocycles. The fraction of sp³-hybridized carbons (Fsp3) is 0.316. The Morgan fingerprint density at radius 2 is 2.11 bits per heavy atom. The summed E-state index contributed by atoms with van der Waals surface area (Å²) in [5, 5.41) is 8.06. The van der Waals surface area contributed by atoms with Gasteiger partial charge in [0.1, 0.15) is 12.1 Å². The molecule has 1 spiro atoms. The van der Waals surface area contributed by atoms with E-state index in [2.05, 4.69) is 10.6 Å². The Morgan fingerprint density at radius 1 is 1.30 bits per heavy atom. The maximum atomic E-state index is 13.1. The number of aryl methyl sites for hydroxylation is 1. The van der Waals surface area contributed by atoms with Crippen molar-refractivity contribution in [1.82, 2.24) is 15.5 Å². The standard InChI is InChI=1S/C19H18ClN3O3S/c20-14-5-2-1-4-12(14)10-21-16(24)11-23-17(25)19(22-18(23)26)8-3-6-15-13(19)7-9-27-15/h1-2,4-5,7,9H,3,6,8,10-11H2,(H,21,24)(H,22,26)/t19-/m0/s1. The maximum Gasteiger partial charge on any atom is 0.325 e. The third kappa shape index (κ3) is 3.11. The van der Waals surface area contributed by atoms with Gasteiger partial charge in [-0.2, -0.15) is 0 Å². The van der Waals surface area contributed by atoms with Crippen molar-refractivity contribution in [3.05, 3.63) is 56.7 Å². The zero-order valence-electron chi connectivity index (χ0n) is 14.5. The molecule has 1 aromatic carbocycles. The Balaban J connectivity index is 1.46. The lowest BCUT2D eigenvalue weighted by atomic mass is 9.80. The maximum absolute atomic E-state index is 13.1. The molecule has 2 aromatic rings. The van der Waals surface area contributed by atoms with Crippen molar-refractivity contribution in [3.63, 3.8) is 0 Å². The third-order valence-corrected chi connectivity index (χ3v) is 6.42. The SMILES string of the molecule is O=C(CN1C(=O)N[C@]2(CCCc3sccc32)C1=O)NCc1ccccc1Cl. The number of urea groups is 1. The highest BCUT2D eigenvalue weighted by Gasteiger charge is 2.54. The number of fused-ring (bicyclic) bond motifs is 2. The van der Waals surface area contributed by atoms with Crippen LogP contribution in [0.25, 0.3) is 0 Å². The molecule has 0 bridgehead atoms. The van der Waals surface area contributed by atoms with E-state index < -0.39 is 17.5 Å². The molecule has 4 rings (SSSR count). The average molecular weight is 404 g/mol. The number of hydrogen-bond donors (Lipinski definition) is 2. The molecule has 2 aliphatic rings. The number of halogens is 1. The Kier molecular flexibility index (Phi) is 4.65. The van der Waals surface area contributed by atoms with Gasteiger partial charge in [0, 0.05) is 22.0 Å². The summed E-state index contributed by atoms with van der Waals surface area (Å²) in [6.45, 7) is -0.0711. The van der Waals surface area contributed by atoms with Crippen molar-refractivity contribution < 1.29 is 14.4 Å². The molecule has 1 aliphatic carbocycles. The molecule has 4 amide bonds. The minimum Gasteiger partial charge on any atom is -0.350 e. The zero-order chi connectivity index (χ0) is 19.0. The molecule has 8 heteroatoms. The summed E-state index contributed by atoms with van der Waals surface area (Å²) in [4.78, 5) is 40.0. The van der Waals surface area contributed by atoms with Gasteiger partial charge in [0.2, 0.25) is 5.91 Å². The minimum absolute atomic E-state index is 0.238. The number of hydrogen-bond acceptors (Lipinski definition) is 4. The Bertz CT molecular complexity index is 928. The number of imide groups is 1. The average Bonchev–Trinajstić information content (AvgIpc) is 3.22. The first-order valence-corrected chi connectivity index (χ1v) is 9.98. The first kappa shape index (κ1) is 18.0. The highest BCUT2D eigenvalue weighted by Crippen LogP contribution is 2.41. The Hall–Kier alpha value is -2.38. The van der Waals surface area contributed by atoms with E-state index in [4.69, 9.17) is 11.6 Å². The largest absolute Gasteiger partial charge is 0.350 e. The number of amides is 4. The van der Waals surface area contributed by atoms with Crippen molar-refractivity contribution in [3.8, 4) is 0 Å². The van der Waals surface area contributed by atoms with Crippen LogP contribution in [0.4, 0.5) is 4.79 Å². The van der Waals surface area contributed by atoms with Crippen molar-refractivity contribution >= 4 is 40.8 Å². The van der Waals surface area contributed by atoms with Crippen LogP contribution in [0.1, 0.15) is 28.8 Å². The summed E-state index contributed by atoms with van der Waals surface area (Å²) in [6.07, 6.45) is 2.29. The van der Waals surface area contributed by atoms with Gasteiger partial charge in [-0.25, -0.2) is 4.79 Å². The first-order chi connectivity index (χ1) is 13.0. The lowest BCUT2D eigenvalue weighted by Crippen LogP contribution is -2.46. The van der Waals surface area contributed by atoms with Crippen LogP contribution in [0.15, 0.2) is 35.7 Å². The van der Waals surface area contributed by atoms with E-state index in [1.165, 1.54) is 0 Å². The molecule has 0 saturated carbocycles. The smallest absolute Gasteiger partial charge is 0.325 e. The summed E-state index contributed by atoms with van der Waals surface area (Å²) >= 11 is 7.68. The van der Waals surface area contributed by atoms with Crippen LogP contribution in [0.5, 0.6) is 0 Å². The van der Waals surface area contributed by atoms with E-state index in [0.717, 1.165) is 33.7 Å². The van der Waals surface area contributed by atoms with Crippen LogP contribution in [-0.4, -0.2) is 29.3 Å². The van der Waals surface area contributed by atoms with Crippen LogP contribution >= 0.6 is 22.9 Å². The second-order valence-electron chi connectivity index (χ2n) is 6.71. The molecule has 0 radical (unpaired) electrons. The lowest BCUT2D eigenvalue weighted by molar-refractivity contribution is -0.135. The van der Waals surface area contributed by atoms with E-state index in [1.807, 2.05) is 29.6 Å². The summed E-state index contributed by atoms with van der Waals surface area (Å²) in [6, 6.07) is 8.57. The molecule has 1 aromatic heterocycles. The predicted molar refractivity (Wildman–Crippen MR) is 102 cm³/mol. The third-order valence-electron chi connectivity index (χ3n) is 5.07. The Labute approximate surface area is 165 Å². The summed E-state index contributed by atoms with van der Waals surface area (Å²) in [7, 11) is 0. The molecule has 27 heavy (non-hydrogen) atoms. The number of benzene rings is 1. The van der Waals surface area contributed by atoms with Gasteiger partial charge in [-0.15, -0.1) is 11.3 Å². The van der Waals surface area contributed by atoms with Gasteiger partial charge in [0.05, 0.1) is 0 Å². The van der Waals surface area contributed by atoms with E-state index >= 15 is 0 Å². The fourth-order valence-electron chi connectivity index (χ4n) is 3.72. The van der Waals surface area contributed by atoms with Crippen molar-refractivity contribution in [2.75, 3.05) is 6.54 Å². The van der Waals surface area contributed by atoms with Crippen LogP contribution in [0, 0.1) is 0 Å². The molecule has 6 nitrogen and oxygen atoms in total. The van der Waals surface area contributed by atoms with Gasteiger partial charge in [-0.3, -0.25) is 14.5 Å². The summed E-state index contributed by atoms with van der Waals surface area (Å²) in [5.74, 6) is -0.753. The number of nitrogens with zero attached hydrogens (tertiary/aromatic N) is 1. The number of carbonyl (C=O) groups excluding carboxylic acids is 3. The number of nitrogens with one attached hydrogen (secondary N) is 2. The van der Waals surface area contributed by atoms with Crippen LogP contribution in [-0.2, 0) is 28.1 Å². The van der Waals surface area contributed by atoms with Crippen LogP contribution in [0.2, 0.25) is 5.02 Å². The Morgan fingerprint density at radius 3 is 2.93 bits per heavy atom. The van der Waals surface area contributed by atoms with Gasteiger partial charge in [-0.05, 0) is 42.3 Å². The van der Waals surface area contributed by atoms with E-state index in [-0.39, 0.29) is 19.0 Å². The van der Waals surface area contributed by atoms with Crippen molar-refractivity contribution in [2.24, 2.45) is 0 Å². The second-order valence-corrected chi connectivity index (χ2v) is 8.11. The van der Waals surface area contributed by atoms with Gasteiger partial charge in [0.25, 0.3) is 5.91 Å². The molecule has 1 saturated heterocycles. The molecular weight excluding hydrogens is 386 g/mol. The molecular formula is C19H18ClN3O3S. The van der Waals surface area contributed by atoms with Gasteiger partial charge >= 0.3 is 6.03 Å². The fourth-order valence-corrected chi connectivity index (χ4v) is 4.92. The van der Waals surface area contributed by atoms with E-state index in [0.29, 0.717) is 11.4 Å². The topological polar surface area (TPSA) is 78.5 Å². The van der Waals surface area contributed by atoms with Crippen molar-refractivity contribution in [1.29, 1.82) is 0 Å². The quantitative estimate of drug-likeness (QED) is 0.770. The number of rotatable bonds is 4.